The van der Waals surface area contributed by atoms with Gasteiger partial charge in [-0.3, -0.25) is 0 Å². The Morgan fingerprint density at radius 2 is 2.45 bits per heavy atom. The molecule has 1 N–H and O–H groups in total. The highest BCUT2D eigenvalue weighted by Crippen LogP contribution is 2.27. The summed E-state index contributed by atoms with van der Waals surface area (Å²) in [4.78, 5) is 10.7. The first-order valence-electron chi connectivity index (χ1n) is 3.05. The van der Waals surface area contributed by atoms with E-state index in [0.717, 1.165) is 0 Å². The van der Waals surface area contributed by atoms with Crippen LogP contribution in [0.15, 0.2) is 12.1 Å². The first-order valence-corrected chi connectivity index (χ1v) is 3.86. The van der Waals surface area contributed by atoms with E-state index < -0.39 is 6.10 Å². The lowest BCUT2D eigenvalue weighted by molar-refractivity contribution is -0.114. The number of aliphatic hydroxyl groups is 1. The molecule has 0 spiro atoms. The molecule has 0 fully saturated rings. The Labute approximate surface area is 68.2 Å². The molecule has 0 radical (unpaired) electrons. The summed E-state index contributed by atoms with van der Waals surface area (Å²) in [5, 5.41) is 9.72. The second-order valence-corrected chi connectivity index (χ2v) is 3.02. The van der Waals surface area contributed by atoms with Crippen molar-refractivity contribution in [3.05, 3.63) is 17.0 Å². The van der Waals surface area contributed by atoms with E-state index >= 15 is 0 Å². The van der Waals surface area contributed by atoms with Gasteiger partial charge in [0.05, 0.1) is 7.11 Å². The Kier molecular flexibility index (Phi) is 2.62. The smallest absolute Gasteiger partial charge is 0.173 e. The molecular formula is C7H8O3S. The van der Waals surface area contributed by atoms with E-state index in [-0.39, 0.29) is 0 Å². The van der Waals surface area contributed by atoms with Crippen LogP contribution in [0.2, 0.25) is 0 Å². The predicted octanol–water partition coefficient (Wildman–Crippen LogP) is 0.989. The number of hydrogen-bond acceptors (Lipinski definition) is 4. The number of aliphatic hydroxyl groups excluding tert-OH is 1. The van der Waals surface area contributed by atoms with Crippen molar-refractivity contribution < 1.29 is 14.6 Å². The molecule has 0 aliphatic carbocycles. The standard InChI is InChI=1S/C7H8O3S/c1-10-7-3-2-6(11-7)5(9)4-8/h2-5,9H,1H3. The Morgan fingerprint density at radius 1 is 1.73 bits per heavy atom. The Hall–Kier alpha value is -0.870. The summed E-state index contributed by atoms with van der Waals surface area (Å²) >= 11 is 1.26. The lowest BCUT2D eigenvalue weighted by Crippen LogP contribution is -1.93. The molecule has 1 heterocycles. The third-order valence-electron chi connectivity index (χ3n) is 1.22. The number of rotatable bonds is 3. The first-order chi connectivity index (χ1) is 5.27. The van der Waals surface area contributed by atoms with Gasteiger partial charge in [-0.2, -0.15) is 0 Å². The van der Waals surface area contributed by atoms with Crippen molar-refractivity contribution in [3.8, 4) is 5.06 Å². The third-order valence-corrected chi connectivity index (χ3v) is 2.34. The largest absolute Gasteiger partial charge is 0.487 e. The number of hydrogen-bond donors (Lipinski definition) is 1. The van der Waals surface area contributed by atoms with E-state index in [0.29, 0.717) is 16.2 Å². The summed E-state index contributed by atoms with van der Waals surface area (Å²) in [5.74, 6) is 0. The van der Waals surface area contributed by atoms with Crippen LogP contribution in [0.3, 0.4) is 0 Å². The predicted molar refractivity (Wildman–Crippen MR) is 41.9 cm³/mol. The fraction of sp³-hybridized carbons (Fsp3) is 0.286. The lowest BCUT2D eigenvalue weighted by Gasteiger charge is -1.95. The van der Waals surface area contributed by atoms with Crippen LogP contribution in [-0.4, -0.2) is 18.5 Å². The molecule has 0 saturated carbocycles. The number of aldehydes is 1. The van der Waals surface area contributed by atoms with Gasteiger partial charge < -0.3 is 14.6 Å². The summed E-state index contributed by atoms with van der Waals surface area (Å²) in [7, 11) is 1.54. The number of carbonyl (C=O) groups excluding carboxylic acids is 1. The van der Waals surface area contributed by atoms with Crippen LogP contribution >= 0.6 is 11.3 Å². The highest BCUT2D eigenvalue weighted by molar-refractivity contribution is 7.14. The zero-order valence-electron chi connectivity index (χ0n) is 5.98. The maximum atomic E-state index is 10.1. The fourth-order valence-electron chi connectivity index (χ4n) is 0.670. The van der Waals surface area contributed by atoms with Crippen molar-refractivity contribution in [2.24, 2.45) is 0 Å². The highest BCUT2D eigenvalue weighted by Gasteiger charge is 2.08. The molecule has 1 unspecified atom stereocenters. The van der Waals surface area contributed by atoms with Crippen molar-refractivity contribution >= 4 is 17.6 Å². The highest BCUT2D eigenvalue weighted by atomic mass is 32.1. The Morgan fingerprint density at radius 3 is 2.91 bits per heavy atom. The Balaban J connectivity index is 2.79. The molecule has 1 aromatic rings. The van der Waals surface area contributed by atoms with E-state index in [1.54, 1.807) is 19.2 Å². The summed E-state index contributed by atoms with van der Waals surface area (Å²) in [5.41, 5.74) is 0. The number of ether oxygens (including phenoxy) is 1. The topological polar surface area (TPSA) is 46.5 Å². The zero-order chi connectivity index (χ0) is 8.27. The van der Waals surface area contributed by atoms with Crippen LogP contribution in [0.4, 0.5) is 0 Å². The molecule has 0 bridgehead atoms. The van der Waals surface area contributed by atoms with Gasteiger partial charge in [-0.1, -0.05) is 0 Å². The number of thiophene rings is 1. The summed E-state index contributed by atoms with van der Waals surface area (Å²) in [6.07, 6.45) is -0.519. The van der Waals surface area contributed by atoms with Gasteiger partial charge >= 0.3 is 0 Å². The molecule has 1 rings (SSSR count). The lowest BCUT2D eigenvalue weighted by atomic mass is 10.3. The minimum atomic E-state index is -1.01. The molecule has 11 heavy (non-hydrogen) atoms. The molecule has 0 aliphatic rings. The van der Waals surface area contributed by atoms with Crippen molar-refractivity contribution in [2.45, 2.75) is 6.10 Å². The average Bonchev–Trinajstić information content (AvgIpc) is 2.50. The molecular weight excluding hydrogens is 164 g/mol. The maximum absolute atomic E-state index is 10.1. The molecule has 4 heteroatoms. The molecule has 1 atom stereocenters. The minimum Gasteiger partial charge on any atom is -0.487 e. The molecule has 60 valence electrons. The van der Waals surface area contributed by atoms with Crippen LogP contribution in [0.25, 0.3) is 0 Å². The van der Waals surface area contributed by atoms with Gasteiger partial charge in [0.25, 0.3) is 0 Å². The van der Waals surface area contributed by atoms with E-state index in [9.17, 15) is 4.79 Å². The van der Waals surface area contributed by atoms with Gasteiger partial charge in [0, 0.05) is 4.88 Å². The summed E-state index contributed by atoms with van der Waals surface area (Å²) in [6.45, 7) is 0. The van der Waals surface area contributed by atoms with Crippen LogP contribution in [0, 0.1) is 0 Å². The second kappa shape index (κ2) is 3.50. The molecule has 3 nitrogen and oxygen atoms in total. The van der Waals surface area contributed by atoms with Crippen molar-refractivity contribution in [1.82, 2.24) is 0 Å². The van der Waals surface area contributed by atoms with Crippen molar-refractivity contribution in [1.29, 1.82) is 0 Å². The van der Waals surface area contributed by atoms with Gasteiger partial charge in [0.2, 0.25) is 0 Å². The van der Waals surface area contributed by atoms with E-state index in [1.165, 1.54) is 11.3 Å². The van der Waals surface area contributed by atoms with E-state index in [4.69, 9.17) is 9.84 Å². The molecule has 0 aliphatic heterocycles. The normalized spacial score (nSPS) is 12.5. The average molecular weight is 172 g/mol. The fourth-order valence-corrected chi connectivity index (χ4v) is 1.43. The molecule has 0 saturated heterocycles. The van der Waals surface area contributed by atoms with Gasteiger partial charge in [0.15, 0.2) is 11.3 Å². The van der Waals surface area contributed by atoms with Crippen LogP contribution in [0.5, 0.6) is 5.06 Å². The van der Waals surface area contributed by atoms with E-state index in [2.05, 4.69) is 0 Å². The van der Waals surface area contributed by atoms with Crippen molar-refractivity contribution in [2.75, 3.05) is 7.11 Å². The van der Waals surface area contributed by atoms with Gasteiger partial charge in [-0.15, -0.1) is 11.3 Å². The number of carbonyl (C=O) groups is 1. The van der Waals surface area contributed by atoms with Crippen LogP contribution < -0.4 is 4.74 Å². The summed E-state index contributed by atoms with van der Waals surface area (Å²) in [6, 6.07) is 3.38. The quantitative estimate of drug-likeness (QED) is 0.691. The zero-order valence-corrected chi connectivity index (χ0v) is 6.80. The maximum Gasteiger partial charge on any atom is 0.173 e. The SMILES string of the molecule is COc1ccc(C(O)C=O)s1. The number of methoxy groups -OCH3 is 1. The van der Waals surface area contributed by atoms with Gasteiger partial charge in [0.1, 0.15) is 6.10 Å². The summed E-state index contributed by atoms with van der Waals surface area (Å²) < 4.78 is 4.88. The van der Waals surface area contributed by atoms with Gasteiger partial charge in [-0.25, -0.2) is 0 Å². The molecule has 1 aromatic heterocycles. The third kappa shape index (κ3) is 1.78. The van der Waals surface area contributed by atoms with Crippen LogP contribution in [0.1, 0.15) is 11.0 Å². The monoisotopic (exact) mass is 172 g/mol. The first kappa shape index (κ1) is 8.23. The Bertz CT molecular complexity index is 244. The van der Waals surface area contributed by atoms with Gasteiger partial charge in [-0.05, 0) is 12.1 Å². The van der Waals surface area contributed by atoms with E-state index in [1.807, 2.05) is 0 Å². The molecule has 0 amide bonds. The molecule has 0 aromatic carbocycles. The second-order valence-electron chi connectivity index (χ2n) is 1.94. The minimum absolute atomic E-state index is 0.491. The van der Waals surface area contributed by atoms with Crippen molar-refractivity contribution in [3.63, 3.8) is 0 Å². The van der Waals surface area contributed by atoms with Crippen LogP contribution in [-0.2, 0) is 4.79 Å².